The zero-order valence-corrected chi connectivity index (χ0v) is 7.69. The van der Waals surface area contributed by atoms with E-state index in [4.69, 9.17) is 0 Å². The Kier molecular flexibility index (Phi) is 2.64. The van der Waals surface area contributed by atoms with Crippen molar-refractivity contribution in [3.05, 3.63) is 40.7 Å². The Labute approximate surface area is 72.7 Å². The second-order valence-corrected chi connectivity index (χ2v) is 2.90. The summed E-state index contributed by atoms with van der Waals surface area (Å²) in [7, 11) is 0. The van der Waals surface area contributed by atoms with E-state index in [-0.39, 0.29) is 5.82 Å². The van der Waals surface area contributed by atoms with E-state index >= 15 is 0 Å². The van der Waals surface area contributed by atoms with Crippen LogP contribution >= 0.6 is 0 Å². The first-order valence-corrected chi connectivity index (χ1v) is 4.05. The molecular formula is C11H13F. The van der Waals surface area contributed by atoms with Crippen molar-refractivity contribution >= 4 is 6.08 Å². The van der Waals surface area contributed by atoms with Gasteiger partial charge in [0.2, 0.25) is 0 Å². The minimum absolute atomic E-state index is 0.131. The normalized spacial score (nSPS) is 11.0. The van der Waals surface area contributed by atoms with Crippen LogP contribution in [0.5, 0.6) is 0 Å². The number of hydrogen-bond donors (Lipinski definition) is 0. The van der Waals surface area contributed by atoms with Gasteiger partial charge in [-0.1, -0.05) is 18.2 Å². The van der Waals surface area contributed by atoms with Gasteiger partial charge in [-0.25, -0.2) is 4.39 Å². The van der Waals surface area contributed by atoms with Crippen LogP contribution in [-0.4, -0.2) is 0 Å². The lowest BCUT2D eigenvalue weighted by molar-refractivity contribution is 0.617. The van der Waals surface area contributed by atoms with Gasteiger partial charge in [0, 0.05) is 0 Å². The van der Waals surface area contributed by atoms with Crippen LogP contribution in [0.3, 0.4) is 0 Å². The van der Waals surface area contributed by atoms with Crippen LogP contribution in [0.1, 0.15) is 23.6 Å². The van der Waals surface area contributed by atoms with E-state index in [1.165, 1.54) is 6.07 Å². The van der Waals surface area contributed by atoms with Gasteiger partial charge in [0.05, 0.1) is 0 Å². The van der Waals surface area contributed by atoms with E-state index in [2.05, 4.69) is 0 Å². The van der Waals surface area contributed by atoms with Crippen molar-refractivity contribution in [3.8, 4) is 0 Å². The molecule has 0 unspecified atom stereocenters. The first-order chi connectivity index (χ1) is 5.66. The Morgan fingerprint density at radius 3 is 2.50 bits per heavy atom. The van der Waals surface area contributed by atoms with E-state index in [0.717, 1.165) is 16.7 Å². The summed E-state index contributed by atoms with van der Waals surface area (Å²) in [5.41, 5.74) is 2.85. The SMILES string of the molecule is C/C=C\c1c(C)ccc(F)c1C. The van der Waals surface area contributed by atoms with Crippen LogP contribution in [0, 0.1) is 19.7 Å². The summed E-state index contributed by atoms with van der Waals surface area (Å²) in [5.74, 6) is -0.131. The summed E-state index contributed by atoms with van der Waals surface area (Å²) in [6.07, 6.45) is 3.86. The lowest BCUT2D eigenvalue weighted by Gasteiger charge is -2.05. The van der Waals surface area contributed by atoms with Gasteiger partial charge in [-0.05, 0) is 43.5 Å². The minimum Gasteiger partial charge on any atom is -0.207 e. The molecule has 0 saturated heterocycles. The molecule has 0 aliphatic carbocycles. The standard InChI is InChI=1S/C11H13F/c1-4-5-10-8(2)6-7-11(12)9(10)3/h4-7H,1-3H3/b5-4-. The number of benzene rings is 1. The summed E-state index contributed by atoms with van der Waals surface area (Å²) in [5, 5.41) is 0. The smallest absolute Gasteiger partial charge is 0.126 e. The summed E-state index contributed by atoms with van der Waals surface area (Å²) in [6.45, 7) is 5.73. The molecule has 0 fully saturated rings. The number of aryl methyl sites for hydroxylation is 1. The van der Waals surface area contributed by atoms with Crippen molar-refractivity contribution in [3.63, 3.8) is 0 Å². The Morgan fingerprint density at radius 1 is 1.25 bits per heavy atom. The molecule has 0 nitrogen and oxygen atoms in total. The van der Waals surface area contributed by atoms with Crippen molar-refractivity contribution < 1.29 is 4.39 Å². The quantitative estimate of drug-likeness (QED) is 0.596. The first-order valence-electron chi connectivity index (χ1n) is 4.05. The molecular weight excluding hydrogens is 151 g/mol. The Balaban J connectivity index is 3.32. The van der Waals surface area contributed by atoms with Crippen molar-refractivity contribution in [1.29, 1.82) is 0 Å². The molecule has 64 valence electrons. The lowest BCUT2D eigenvalue weighted by Crippen LogP contribution is -1.90. The predicted molar refractivity (Wildman–Crippen MR) is 50.6 cm³/mol. The third-order valence-corrected chi connectivity index (χ3v) is 2.00. The van der Waals surface area contributed by atoms with Crippen LogP contribution in [0.2, 0.25) is 0 Å². The third-order valence-electron chi connectivity index (χ3n) is 2.00. The van der Waals surface area contributed by atoms with Crippen LogP contribution < -0.4 is 0 Å². The largest absolute Gasteiger partial charge is 0.207 e. The topological polar surface area (TPSA) is 0 Å². The fourth-order valence-corrected chi connectivity index (χ4v) is 1.26. The summed E-state index contributed by atoms with van der Waals surface area (Å²) >= 11 is 0. The number of hydrogen-bond acceptors (Lipinski definition) is 0. The molecule has 1 aromatic rings. The molecule has 0 aromatic heterocycles. The molecule has 0 bridgehead atoms. The molecule has 0 saturated carbocycles. The molecule has 0 atom stereocenters. The maximum atomic E-state index is 13.0. The van der Waals surface area contributed by atoms with Crippen LogP contribution in [0.15, 0.2) is 18.2 Å². The average Bonchev–Trinajstić information content (AvgIpc) is 2.06. The maximum absolute atomic E-state index is 13.0. The monoisotopic (exact) mass is 164 g/mol. The van der Waals surface area contributed by atoms with E-state index < -0.39 is 0 Å². The molecule has 1 heteroatoms. The van der Waals surface area contributed by atoms with Gasteiger partial charge < -0.3 is 0 Å². The Morgan fingerprint density at radius 2 is 1.92 bits per heavy atom. The van der Waals surface area contributed by atoms with E-state index in [1.54, 1.807) is 13.0 Å². The molecule has 0 N–H and O–H groups in total. The highest BCUT2D eigenvalue weighted by atomic mass is 19.1. The second-order valence-electron chi connectivity index (χ2n) is 2.90. The van der Waals surface area contributed by atoms with Crippen LogP contribution in [-0.2, 0) is 0 Å². The molecule has 0 spiro atoms. The average molecular weight is 164 g/mol. The van der Waals surface area contributed by atoms with Crippen LogP contribution in [0.4, 0.5) is 4.39 Å². The van der Waals surface area contributed by atoms with Gasteiger partial charge in [0.15, 0.2) is 0 Å². The zero-order chi connectivity index (χ0) is 9.14. The highest BCUT2D eigenvalue weighted by Gasteiger charge is 2.02. The molecule has 1 aromatic carbocycles. The fourth-order valence-electron chi connectivity index (χ4n) is 1.26. The molecule has 0 heterocycles. The van der Waals surface area contributed by atoms with Gasteiger partial charge in [-0.15, -0.1) is 0 Å². The van der Waals surface area contributed by atoms with Gasteiger partial charge in [0.1, 0.15) is 5.82 Å². The summed E-state index contributed by atoms with van der Waals surface area (Å²) in [6, 6.07) is 3.31. The van der Waals surface area contributed by atoms with Crippen molar-refractivity contribution in [1.82, 2.24) is 0 Å². The second kappa shape index (κ2) is 3.53. The van der Waals surface area contributed by atoms with Crippen molar-refractivity contribution in [2.24, 2.45) is 0 Å². The van der Waals surface area contributed by atoms with Gasteiger partial charge >= 0.3 is 0 Å². The van der Waals surface area contributed by atoms with Crippen molar-refractivity contribution in [2.45, 2.75) is 20.8 Å². The fraction of sp³-hybridized carbons (Fsp3) is 0.273. The highest BCUT2D eigenvalue weighted by molar-refractivity contribution is 5.57. The molecule has 0 radical (unpaired) electrons. The predicted octanol–water partition coefficient (Wildman–Crippen LogP) is 3.48. The minimum atomic E-state index is -0.131. The molecule has 12 heavy (non-hydrogen) atoms. The van der Waals surface area contributed by atoms with E-state index in [9.17, 15) is 4.39 Å². The Bertz CT molecular complexity index is 311. The first kappa shape index (κ1) is 8.98. The summed E-state index contributed by atoms with van der Waals surface area (Å²) in [4.78, 5) is 0. The summed E-state index contributed by atoms with van der Waals surface area (Å²) < 4.78 is 13.0. The molecule has 0 amide bonds. The van der Waals surface area contributed by atoms with E-state index in [1.807, 2.05) is 26.0 Å². The van der Waals surface area contributed by atoms with E-state index in [0.29, 0.717) is 0 Å². The maximum Gasteiger partial charge on any atom is 0.126 e. The van der Waals surface area contributed by atoms with Gasteiger partial charge in [-0.2, -0.15) is 0 Å². The number of rotatable bonds is 1. The number of halogens is 1. The van der Waals surface area contributed by atoms with Crippen LogP contribution in [0.25, 0.3) is 6.08 Å². The third kappa shape index (κ3) is 1.55. The molecule has 0 aliphatic heterocycles. The number of allylic oxidation sites excluding steroid dienone is 1. The zero-order valence-electron chi connectivity index (χ0n) is 7.69. The molecule has 1 rings (SSSR count). The highest BCUT2D eigenvalue weighted by Crippen LogP contribution is 2.18. The molecule has 0 aliphatic rings. The Hall–Kier alpha value is -1.11. The van der Waals surface area contributed by atoms with Gasteiger partial charge in [0.25, 0.3) is 0 Å². The van der Waals surface area contributed by atoms with Gasteiger partial charge in [-0.3, -0.25) is 0 Å². The van der Waals surface area contributed by atoms with Crippen molar-refractivity contribution in [2.75, 3.05) is 0 Å². The lowest BCUT2D eigenvalue weighted by atomic mass is 10.0.